The second-order valence-corrected chi connectivity index (χ2v) is 10.6. The molecular formula is C36H26O6. The zero-order valence-corrected chi connectivity index (χ0v) is 23.4. The van der Waals surface area contributed by atoms with Crippen molar-refractivity contribution in [3.8, 4) is 17.6 Å². The molecule has 6 heteroatoms. The van der Waals surface area contributed by atoms with E-state index in [0.29, 0.717) is 16.9 Å². The Morgan fingerprint density at radius 2 is 1.36 bits per heavy atom. The molecule has 1 aliphatic carbocycles. The molecule has 0 radical (unpaired) electrons. The molecule has 42 heavy (non-hydrogen) atoms. The molecule has 0 N–H and O–H groups in total. The van der Waals surface area contributed by atoms with Crippen molar-refractivity contribution in [3.05, 3.63) is 101 Å². The van der Waals surface area contributed by atoms with E-state index in [2.05, 4.69) is 24.0 Å². The summed E-state index contributed by atoms with van der Waals surface area (Å²) in [6.45, 7) is 0. The predicted octanol–water partition coefficient (Wildman–Crippen LogP) is 6.73. The Kier molecular flexibility index (Phi) is 5.91. The van der Waals surface area contributed by atoms with Gasteiger partial charge in [-0.25, -0.2) is 0 Å². The summed E-state index contributed by atoms with van der Waals surface area (Å²) in [7, 11) is 4.20. The van der Waals surface area contributed by atoms with Crippen molar-refractivity contribution in [3.63, 3.8) is 0 Å². The lowest BCUT2D eigenvalue weighted by Gasteiger charge is -2.22. The standard InChI is InChI=1S/C36H26O6/c1-39-29-16-12-21-8-4-6-10-24(21)26(29)14-15-27-28-20-36(34(37)40-2,35(38)41-3)19-23(28)18-31-33(27)32-25-11-7-5-9-22(25)13-17-30(32)42-31/h4-13,16-18H,19-20H2,1-3H3. The molecule has 0 aliphatic heterocycles. The van der Waals surface area contributed by atoms with E-state index in [0.717, 1.165) is 54.6 Å². The summed E-state index contributed by atoms with van der Waals surface area (Å²) in [5, 5.41) is 5.90. The first-order valence-corrected chi connectivity index (χ1v) is 13.6. The van der Waals surface area contributed by atoms with Crippen molar-refractivity contribution in [2.45, 2.75) is 12.8 Å². The molecule has 0 atom stereocenters. The number of carbonyl (C=O) groups excluding carboxylic acids is 2. The minimum Gasteiger partial charge on any atom is -0.495 e. The van der Waals surface area contributed by atoms with Crippen LogP contribution in [0.3, 0.4) is 0 Å². The molecule has 0 fully saturated rings. The van der Waals surface area contributed by atoms with Crippen LogP contribution in [0.1, 0.15) is 22.3 Å². The van der Waals surface area contributed by atoms with Gasteiger partial charge in [-0.2, -0.15) is 0 Å². The Morgan fingerprint density at radius 3 is 2.07 bits per heavy atom. The van der Waals surface area contributed by atoms with Gasteiger partial charge in [-0.3, -0.25) is 9.59 Å². The van der Waals surface area contributed by atoms with Gasteiger partial charge in [-0.15, -0.1) is 0 Å². The number of carbonyl (C=O) groups is 2. The van der Waals surface area contributed by atoms with Gasteiger partial charge >= 0.3 is 11.9 Å². The number of rotatable bonds is 3. The Bertz CT molecular complexity index is 2140. The number of hydrogen-bond acceptors (Lipinski definition) is 6. The summed E-state index contributed by atoms with van der Waals surface area (Å²) in [5.41, 5.74) is 2.95. The fraction of sp³-hybridized carbons (Fsp3) is 0.167. The third kappa shape index (κ3) is 3.67. The predicted molar refractivity (Wildman–Crippen MR) is 162 cm³/mol. The quantitative estimate of drug-likeness (QED) is 0.137. The average molecular weight is 555 g/mol. The van der Waals surface area contributed by atoms with Crippen LogP contribution in [-0.2, 0) is 31.9 Å². The molecule has 0 spiro atoms. The van der Waals surface area contributed by atoms with Gasteiger partial charge in [0, 0.05) is 28.1 Å². The van der Waals surface area contributed by atoms with E-state index < -0.39 is 17.4 Å². The number of benzene rings is 5. The molecule has 6 aromatic rings. The summed E-state index contributed by atoms with van der Waals surface area (Å²) < 4.78 is 22.4. The van der Waals surface area contributed by atoms with Crippen LogP contribution in [0.25, 0.3) is 43.5 Å². The van der Waals surface area contributed by atoms with Crippen LogP contribution in [0.5, 0.6) is 5.75 Å². The smallest absolute Gasteiger partial charge is 0.323 e. The molecule has 0 saturated carbocycles. The van der Waals surface area contributed by atoms with E-state index in [4.69, 9.17) is 18.6 Å². The van der Waals surface area contributed by atoms with Crippen molar-refractivity contribution in [2.75, 3.05) is 21.3 Å². The Labute approximate surface area is 241 Å². The zero-order valence-electron chi connectivity index (χ0n) is 23.4. The molecule has 5 aromatic carbocycles. The lowest BCUT2D eigenvalue weighted by atomic mass is 9.84. The third-order valence-electron chi connectivity index (χ3n) is 8.40. The van der Waals surface area contributed by atoms with Gasteiger partial charge in [0.2, 0.25) is 0 Å². The van der Waals surface area contributed by atoms with Crippen LogP contribution in [-0.4, -0.2) is 33.3 Å². The normalized spacial score (nSPS) is 13.6. The van der Waals surface area contributed by atoms with Crippen molar-refractivity contribution < 1.29 is 28.2 Å². The van der Waals surface area contributed by atoms with Gasteiger partial charge in [0.1, 0.15) is 16.9 Å². The first kappa shape index (κ1) is 25.7. The molecule has 1 aromatic heterocycles. The number of ether oxygens (including phenoxy) is 3. The highest BCUT2D eigenvalue weighted by atomic mass is 16.5. The second-order valence-electron chi connectivity index (χ2n) is 10.6. The Balaban J connectivity index is 1.58. The molecule has 1 aliphatic rings. The van der Waals surface area contributed by atoms with Gasteiger partial charge in [0.15, 0.2) is 5.41 Å². The lowest BCUT2D eigenvalue weighted by Crippen LogP contribution is -2.42. The van der Waals surface area contributed by atoms with E-state index in [-0.39, 0.29) is 12.8 Å². The molecule has 206 valence electrons. The van der Waals surface area contributed by atoms with E-state index in [1.54, 1.807) is 7.11 Å². The van der Waals surface area contributed by atoms with Gasteiger partial charge in [-0.05, 0) is 51.9 Å². The molecule has 6 nitrogen and oxygen atoms in total. The molecule has 0 saturated heterocycles. The summed E-state index contributed by atoms with van der Waals surface area (Å²) in [6, 6.07) is 26.0. The van der Waals surface area contributed by atoms with Gasteiger partial charge < -0.3 is 18.6 Å². The minimum atomic E-state index is -1.50. The van der Waals surface area contributed by atoms with Gasteiger partial charge in [0.25, 0.3) is 0 Å². The Morgan fingerprint density at radius 1 is 0.714 bits per heavy atom. The van der Waals surface area contributed by atoms with Gasteiger partial charge in [0.05, 0.1) is 26.9 Å². The van der Waals surface area contributed by atoms with Crippen molar-refractivity contribution in [1.82, 2.24) is 0 Å². The molecule has 0 bridgehead atoms. The summed E-state index contributed by atoms with van der Waals surface area (Å²) >= 11 is 0. The van der Waals surface area contributed by atoms with Crippen LogP contribution in [0.4, 0.5) is 0 Å². The highest BCUT2D eigenvalue weighted by Gasteiger charge is 2.53. The summed E-state index contributed by atoms with van der Waals surface area (Å²) in [5.74, 6) is 6.28. The van der Waals surface area contributed by atoms with E-state index >= 15 is 0 Å². The van der Waals surface area contributed by atoms with Gasteiger partial charge in [-0.1, -0.05) is 72.5 Å². The highest BCUT2D eigenvalue weighted by Crippen LogP contribution is 2.46. The zero-order chi connectivity index (χ0) is 29.0. The SMILES string of the molecule is COC(=O)C1(C(=O)OC)Cc2cc3oc4ccc5ccccc5c4c3c(C#Cc3c(OC)ccc4ccccc34)c2C1. The number of hydrogen-bond donors (Lipinski definition) is 0. The number of furan rings is 1. The van der Waals surface area contributed by atoms with E-state index in [1.807, 2.05) is 66.7 Å². The fourth-order valence-corrected chi connectivity index (χ4v) is 6.42. The van der Waals surface area contributed by atoms with Crippen molar-refractivity contribution in [2.24, 2.45) is 5.41 Å². The minimum absolute atomic E-state index is 0.103. The van der Waals surface area contributed by atoms with Crippen LogP contribution in [0.2, 0.25) is 0 Å². The van der Waals surface area contributed by atoms with Crippen LogP contribution in [0, 0.1) is 17.3 Å². The van der Waals surface area contributed by atoms with Crippen LogP contribution >= 0.6 is 0 Å². The third-order valence-corrected chi connectivity index (χ3v) is 8.40. The molecular weight excluding hydrogens is 528 g/mol. The molecule has 0 amide bonds. The maximum Gasteiger partial charge on any atom is 0.323 e. The summed E-state index contributed by atoms with van der Waals surface area (Å²) in [4.78, 5) is 26.3. The first-order valence-electron chi connectivity index (χ1n) is 13.6. The van der Waals surface area contributed by atoms with E-state index in [9.17, 15) is 9.59 Å². The average Bonchev–Trinajstić information content (AvgIpc) is 3.61. The van der Waals surface area contributed by atoms with E-state index in [1.165, 1.54) is 14.2 Å². The number of fused-ring (bicyclic) bond motifs is 7. The lowest BCUT2D eigenvalue weighted by molar-refractivity contribution is -0.168. The number of esters is 2. The first-order chi connectivity index (χ1) is 20.5. The maximum atomic E-state index is 13.1. The fourth-order valence-electron chi connectivity index (χ4n) is 6.42. The monoisotopic (exact) mass is 554 g/mol. The molecule has 7 rings (SSSR count). The highest BCUT2D eigenvalue weighted by molar-refractivity contribution is 6.21. The topological polar surface area (TPSA) is 75.0 Å². The number of methoxy groups -OCH3 is 3. The van der Waals surface area contributed by atoms with Crippen molar-refractivity contribution >= 4 is 55.4 Å². The largest absolute Gasteiger partial charge is 0.495 e. The maximum absolute atomic E-state index is 13.1. The second kappa shape index (κ2) is 9.67. The Hall–Kier alpha value is -5.28. The van der Waals surface area contributed by atoms with Crippen molar-refractivity contribution in [1.29, 1.82) is 0 Å². The summed E-state index contributed by atoms with van der Waals surface area (Å²) in [6.07, 6.45) is 0.230. The molecule has 0 unspecified atom stereocenters. The van der Waals surface area contributed by atoms with Crippen LogP contribution < -0.4 is 4.74 Å². The van der Waals surface area contributed by atoms with Crippen LogP contribution in [0.15, 0.2) is 83.3 Å². The molecule has 1 heterocycles.